The van der Waals surface area contributed by atoms with Gasteiger partial charge < -0.3 is 0 Å². The molecule has 0 bridgehead atoms. The Morgan fingerprint density at radius 3 is 2.28 bits per heavy atom. The lowest BCUT2D eigenvalue weighted by atomic mass is 10.3. The summed E-state index contributed by atoms with van der Waals surface area (Å²) in [5.74, 6) is 0. The summed E-state index contributed by atoms with van der Waals surface area (Å²) in [6.07, 6.45) is 0. The summed E-state index contributed by atoms with van der Waals surface area (Å²) in [5, 5.41) is 0.639. The van der Waals surface area contributed by atoms with Crippen LogP contribution in [0.5, 0.6) is 0 Å². The van der Waals surface area contributed by atoms with E-state index in [1.54, 1.807) is 0 Å². The molecule has 3 nitrogen and oxygen atoms in total. The van der Waals surface area contributed by atoms with E-state index < -0.39 is 10.0 Å². The molecule has 0 aliphatic carbocycles. The normalized spacial score (nSPS) is 11.5. The topological polar surface area (TPSA) is 46.2 Å². The molecule has 0 radical (unpaired) electrons. The number of benzene rings is 1. The van der Waals surface area contributed by atoms with Crippen LogP contribution >= 0.6 is 46.1 Å². The van der Waals surface area contributed by atoms with E-state index >= 15 is 0 Å². The third kappa shape index (κ3) is 3.10. The molecule has 0 atom stereocenters. The lowest BCUT2D eigenvalue weighted by Crippen LogP contribution is -2.11. The van der Waals surface area contributed by atoms with Crippen molar-refractivity contribution >= 4 is 61.9 Å². The largest absolute Gasteiger partial charge is 0.279 e. The molecule has 0 aliphatic rings. The van der Waals surface area contributed by atoms with Crippen molar-refractivity contribution in [2.45, 2.75) is 4.21 Å². The minimum atomic E-state index is -3.64. The first-order valence-corrected chi connectivity index (χ1v) is 8.05. The van der Waals surface area contributed by atoms with Crippen molar-refractivity contribution < 1.29 is 8.42 Å². The first-order chi connectivity index (χ1) is 8.38. The standard InChI is InChI=1S/C10H6Cl3NO2S2/c11-7-2-1-6(5-8(7)12)14-18(15,16)10-4-3-9(13)17-10/h1-5,14H. The molecule has 0 spiro atoms. The van der Waals surface area contributed by atoms with Gasteiger partial charge in [0.2, 0.25) is 0 Å². The minimum Gasteiger partial charge on any atom is -0.279 e. The number of sulfonamides is 1. The highest BCUT2D eigenvalue weighted by Gasteiger charge is 2.17. The van der Waals surface area contributed by atoms with Gasteiger partial charge in [-0.25, -0.2) is 8.42 Å². The van der Waals surface area contributed by atoms with Gasteiger partial charge in [-0.2, -0.15) is 0 Å². The summed E-state index contributed by atoms with van der Waals surface area (Å²) in [6, 6.07) is 7.45. The van der Waals surface area contributed by atoms with Crippen molar-refractivity contribution in [2.24, 2.45) is 0 Å². The van der Waals surface area contributed by atoms with Crippen LogP contribution in [0.2, 0.25) is 14.4 Å². The molecule has 96 valence electrons. The zero-order chi connectivity index (χ0) is 13.3. The highest BCUT2D eigenvalue weighted by atomic mass is 35.5. The van der Waals surface area contributed by atoms with Gasteiger partial charge in [0.15, 0.2) is 0 Å². The highest BCUT2D eigenvalue weighted by Crippen LogP contribution is 2.29. The van der Waals surface area contributed by atoms with E-state index in [1.165, 1.54) is 30.3 Å². The molecule has 0 unspecified atom stereocenters. The van der Waals surface area contributed by atoms with Crippen molar-refractivity contribution in [3.8, 4) is 0 Å². The van der Waals surface area contributed by atoms with Crippen LogP contribution < -0.4 is 4.72 Å². The van der Waals surface area contributed by atoms with E-state index in [0.29, 0.717) is 15.0 Å². The Hall–Kier alpha value is -0.460. The molecule has 1 aromatic heterocycles. The molecule has 0 aliphatic heterocycles. The van der Waals surface area contributed by atoms with Gasteiger partial charge in [0.1, 0.15) is 4.21 Å². The smallest absolute Gasteiger partial charge is 0.271 e. The Labute approximate surface area is 123 Å². The second-order valence-corrected chi connectivity index (χ2v) is 7.73. The van der Waals surface area contributed by atoms with Crippen LogP contribution in [0.1, 0.15) is 0 Å². The predicted molar refractivity (Wildman–Crippen MR) is 76.6 cm³/mol. The molecule has 8 heteroatoms. The molecule has 0 amide bonds. The van der Waals surface area contributed by atoms with Gasteiger partial charge in [-0.3, -0.25) is 4.72 Å². The molecule has 0 saturated heterocycles. The number of rotatable bonds is 3. The van der Waals surface area contributed by atoms with Crippen LogP contribution in [0, 0.1) is 0 Å². The number of halogens is 3. The molecule has 1 aromatic carbocycles. The number of anilines is 1. The van der Waals surface area contributed by atoms with Gasteiger partial charge in [-0.1, -0.05) is 34.8 Å². The fraction of sp³-hybridized carbons (Fsp3) is 0. The zero-order valence-corrected chi connectivity index (χ0v) is 12.6. The van der Waals surface area contributed by atoms with Gasteiger partial charge in [-0.15, -0.1) is 11.3 Å². The molecule has 1 heterocycles. The van der Waals surface area contributed by atoms with E-state index in [2.05, 4.69) is 4.72 Å². The van der Waals surface area contributed by atoms with Crippen LogP contribution in [0.15, 0.2) is 34.5 Å². The van der Waals surface area contributed by atoms with Gasteiger partial charge in [0.05, 0.1) is 20.1 Å². The van der Waals surface area contributed by atoms with E-state index in [9.17, 15) is 8.42 Å². The summed E-state index contributed by atoms with van der Waals surface area (Å²) >= 11 is 18.2. The molecular weight excluding hydrogens is 337 g/mol. The SMILES string of the molecule is O=S(=O)(Nc1ccc(Cl)c(Cl)c1)c1ccc(Cl)s1. The van der Waals surface area contributed by atoms with Crippen LogP contribution in [0.25, 0.3) is 0 Å². The number of hydrogen-bond donors (Lipinski definition) is 1. The predicted octanol–water partition coefficient (Wildman–Crippen LogP) is 4.51. The minimum absolute atomic E-state index is 0.138. The van der Waals surface area contributed by atoms with Crippen molar-refractivity contribution in [1.82, 2.24) is 0 Å². The van der Waals surface area contributed by atoms with Crippen LogP contribution in [0.4, 0.5) is 5.69 Å². The number of nitrogens with one attached hydrogen (secondary N) is 1. The summed E-state index contributed by atoms with van der Waals surface area (Å²) in [6.45, 7) is 0. The maximum atomic E-state index is 12.0. The Bertz CT molecular complexity index is 682. The van der Waals surface area contributed by atoms with Crippen LogP contribution in [0.3, 0.4) is 0 Å². The molecule has 2 aromatic rings. The lowest BCUT2D eigenvalue weighted by Gasteiger charge is -2.06. The highest BCUT2D eigenvalue weighted by molar-refractivity contribution is 7.94. The molecule has 0 fully saturated rings. The lowest BCUT2D eigenvalue weighted by molar-refractivity contribution is 0.603. The molecular formula is C10H6Cl3NO2S2. The maximum Gasteiger partial charge on any atom is 0.271 e. The van der Waals surface area contributed by atoms with Crippen molar-refractivity contribution in [1.29, 1.82) is 0 Å². The fourth-order valence-electron chi connectivity index (χ4n) is 1.21. The van der Waals surface area contributed by atoms with Gasteiger partial charge in [0.25, 0.3) is 10.0 Å². The zero-order valence-electron chi connectivity index (χ0n) is 8.65. The van der Waals surface area contributed by atoms with Gasteiger partial charge >= 0.3 is 0 Å². The van der Waals surface area contributed by atoms with Gasteiger partial charge in [-0.05, 0) is 30.3 Å². The molecule has 1 N–H and O–H groups in total. The average Bonchev–Trinajstić information content (AvgIpc) is 2.71. The number of thiophene rings is 1. The van der Waals surface area contributed by atoms with Crippen molar-refractivity contribution in [3.63, 3.8) is 0 Å². The average molecular weight is 343 g/mol. The fourth-order valence-corrected chi connectivity index (χ4v) is 4.04. The molecule has 0 saturated carbocycles. The Kier molecular flexibility index (Phi) is 4.08. The van der Waals surface area contributed by atoms with E-state index in [0.717, 1.165) is 11.3 Å². The third-order valence-electron chi connectivity index (χ3n) is 1.99. The first-order valence-electron chi connectivity index (χ1n) is 4.62. The maximum absolute atomic E-state index is 12.0. The van der Waals surface area contributed by atoms with Crippen molar-refractivity contribution in [2.75, 3.05) is 4.72 Å². The van der Waals surface area contributed by atoms with Crippen molar-refractivity contribution in [3.05, 3.63) is 44.7 Å². The van der Waals surface area contributed by atoms with E-state index in [1.807, 2.05) is 0 Å². The van der Waals surface area contributed by atoms with Crippen LogP contribution in [-0.4, -0.2) is 8.42 Å². The summed E-state index contributed by atoms with van der Waals surface area (Å²) in [7, 11) is -3.64. The summed E-state index contributed by atoms with van der Waals surface area (Å²) < 4.78 is 26.9. The molecule has 2 rings (SSSR count). The van der Waals surface area contributed by atoms with E-state index in [-0.39, 0.29) is 9.23 Å². The van der Waals surface area contributed by atoms with Gasteiger partial charge in [0, 0.05) is 0 Å². The Morgan fingerprint density at radius 1 is 1.00 bits per heavy atom. The first kappa shape index (κ1) is 14.0. The monoisotopic (exact) mass is 341 g/mol. The summed E-state index contributed by atoms with van der Waals surface area (Å²) in [5.41, 5.74) is 0.342. The second-order valence-electron chi connectivity index (χ2n) is 3.29. The summed E-state index contributed by atoms with van der Waals surface area (Å²) in [4.78, 5) is 0. The quantitative estimate of drug-likeness (QED) is 0.892. The number of hydrogen-bond acceptors (Lipinski definition) is 3. The van der Waals surface area contributed by atoms with E-state index in [4.69, 9.17) is 34.8 Å². The second kappa shape index (κ2) is 5.27. The third-order valence-corrected chi connectivity index (χ3v) is 5.83. The van der Waals surface area contributed by atoms with Crippen LogP contribution in [-0.2, 0) is 10.0 Å². The Balaban J connectivity index is 2.30. The molecule has 18 heavy (non-hydrogen) atoms. The Morgan fingerprint density at radius 2 is 1.72 bits per heavy atom.